The Morgan fingerprint density at radius 2 is 2.08 bits per heavy atom. The Kier molecular flexibility index (Phi) is 5.78. The average Bonchev–Trinajstić information content (AvgIpc) is 3.01. The Bertz CT molecular complexity index is 645. The van der Waals surface area contributed by atoms with Gasteiger partial charge in [-0.3, -0.25) is 4.79 Å². The molecule has 0 bridgehead atoms. The maximum Gasteiger partial charge on any atom is 0.328 e. The fourth-order valence-electron chi connectivity index (χ4n) is 2.68. The molecule has 2 N–H and O–H groups in total. The van der Waals surface area contributed by atoms with Crippen LogP contribution in [0.25, 0.3) is 0 Å². The molecule has 0 aromatic heterocycles. The zero-order valence-corrected chi connectivity index (χ0v) is 14.2. The van der Waals surface area contributed by atoms with Gasteiger partial charge in [0.15, 0.2) is 0 Å². The Hall–Kier alpha value is -2.57. The highest BCUT2D eigenvalue weighted by atomic mass is 16.5. The molecule has 1 heterocycles. The number of carbonyl (C=O) groups is 3. The zero-order valence-electron chi connectivity index (χ0n) is 14.2. The number of anilines is 1. The molecule has 1 aliphatic heterocycles. The summed E-state index contributed by atoms with van der Waals surface area (Å²) in [6, 6.07) is 4.67. The highest BCUT2D eigenvalue weighted by Crippen LogP contribution is 2.29. The SMILES string of the molecule is CCC(=O)N1CCc2cc(CNC(=O)NC(C)C(=O)OC)ccc21. The van der Waals surface area contributed by atoms with E-state index in [2.05, 4.69) is 15.4 Å². The van der Waals surface area contributed by atoms with Crippen molar-refractivity contribution < 1.29 is 19.1 Å². The van der Waals surface area contributed by atoms with Gasteiger partial charge >= 0.3 is 12.0 Å². The molecular formula is C17H23N3O4. The number of urea groups is 1. The lowest BCUT2D eigenvalue weighted by Gasteiger charge is -2.16. The number of hydrogen-bond acceptors (Lipinski definition) is 4. The summed E-state index contributed by atoms with van der Waals surface area (Å²) in [5.74, 6) is -0.376. The number of nitrogens with one attached hydrogen (secondary N) is 2. The number of hydrogen-bond donors (Lipinski definition) is 2. The van der Waals surface area contributed by atoms with Crippen LogP contribution >= 0.6 is 0 Å². The first-order chi connectivity index (χ1) is 11.5. The summed E-state index contributed by atoms with van der Waals surface area (Å²) >= 11 is 0. The minimum atomic E-state index is -0.705. The van der Waals surface area contributed by atoms with E-state index in [0.717, 1.165) is 23.2 Å². The minimum absolute atomic E-state index is 0.121. The molecule has 0 saturated heterocycles. The summed E-state index contributed by atoms with van der Waals surface area (Å²) in [5, 5.41) is 5.21. The second-order valence-corrected chi connectivity index (χ2v) is 5.68. The molecule has 1 unspecified atom stereocenters. The topological polar surface area (TPSA) is 87.7 Å². The van der Waals surface area contributed by atoms with Crippen molar-refractivity contribution in [3.8, 4) is 0 Å². The maximum atomic E-state index is 11.9. The van der Waals surface area contributed by atoms with Crippen LogP contribution in [0.2, 0.25) is 0 Å². The van der Waals surface area contributed by atoms with E-state index in [1.54, 1.807) is 11.8 Å². The second kappa shape index (κ2) is 7.81. The highest BCUT2D eigenvalue weighted by molar-refractivity contribution is 5.95. The molecule has 0 aliphatic carbocycles. The van der Waals surface area contributed by atoms with Gasteiger partial charge in [-0.05, 0) is 30.5 Å². The monoisotopic (exact) mass is 333 g/mol. The number of rotatable bonds is 5. The summed E-state index contributed by atoms with van der Waals surface area (Å²) < 4.78 is 4.55. The maximum absolute atomic E-state index is 11.9. The van der Waals surface area contributed by atoms with Crippen molar-refractivity contribution in [2.45, 2.75) is 39.3 Å². The number of fused-ring (bicyclic) bond motifs is 1. The molecule has 0 fully saturated rings. The molecule has 1 aliphatic rings. The molecule has 2 rings (SSSR count). The first-order valence-corrected chi connectivity index (χ1v) is 8.00. The third-order valence-electron chi connectivity index (χ3n) is 4.00. The van der Waals surface area contributed by atoms with Crippen LogP contribution in [0.15, 0.2) is 18.2 Å². The Balaban J connectivity index is 1.92. The number of methoxy groups -OCH3 is 1. The fraction of sp³-hybridized carbons (Fsp3) is 0.471. The van der Waals surface area contributed by atoms with Gasteiger partial charge in [0.05, 0.1) is 7.11 Å². The van der Waals surface area contributed by atoms with Crippen molar-refractivity contribution in [2.24, 2.45) is 0 Å². The van der Waals surface area contributed by atoms with Crippen LogP contribution in [0.1, 0.15) is 31.4 Å². The molecule has 7 nitrogen and oxygen atoms in total. The molecule has 0 radical (unpaired) electrons. The molecule has 130 valence electrons. The van der Waals surface area contributed by atoms with Crippen LogP contribution in [-0.4, -0.2) is 37.6 Å². The Labute approximate surface area is 141 Å². The number of benzene rings is 1. The van der Waals surface area contributed by atoms with E-state index < -0.39 is 18.0 Å². The summed E-state index contributed by atoms with van der Waals surface area (Å²) in [5.41, 5.74) is 3.01. The van der Waals surface area contributed by atoms with Crippen molar-refractivity contribution in [3.63, 3.8) is 0 Å². The largest absolute Gasteiger partial charge is 0.467 e. The van der Waals surface area contributed by atoms with Crippen LogP contribution in [0, 0.1) is 0 Å². The molecular weight excluding hydrogens is 310 g/mol. The quantitative estimate of drug-likeness (QED) is 0.796. The molecule has 3 amide bonds. The standard InChI is InChI=1S/C17H23N3O4/c1-4-15(21)20-8-7-13-9-12(5-6-14(13)20)10-18-17(23)19-11(2)16(22)24-3/h5-6,9,11H,4,7-8,10H2,1-3H3,(H2,18,19,23). The van der Waals surface area contributed by atoms with Gasteiger partial charge in [0.1, 0.15) is 6.04 Å². The highest BCUT2D eigenvalue weighted by Gasteiger charge is 2.23. The normalized spacial score (nSPS) is 13.9. The van der Waals surface area contributed by atoms with Crippen LogP contribution in [-0.2, 0) is 27.3 Å². The predicted molar refractivity (Wildman–Crippen MR) is 89.6 cm³/mol. The average molecular weight is 333 g/mol. The number of ether oxygens (including phenoxy) is 1. The van der Waals surface area contributed by atoms with Gasteiger partial charge in [0, 0.05) is 25.2 Å². The van der Waals surface area contributed by atoms with Crippen LogP contribution in [0.3, 0.4) is 0 Å². The van der Waals surface area contributed by atoms with Crippen molar-refractivity contribution in [2.75, 3.05) is 18.6 Å². The smallest absolute Gasteiger partial charge is 0.328 e. The van der Waals surface area contributed by atoms with Crippen molar-refractivity contribution in [3.05, 3.63) is 29.3 Å². The van der Waals surface area contributed by atoms with Crippen LogP contribution in [0.5, 0.6) is 0 Å². The van der Waals surface area contributed by atoms with Gasteiger partial charge in [-0.15, -0.1) is 0 Å². The summed E-state index contributed by atoms with van der Waals surface area (Å²) in [7, 11) is 1.27. The Morgan fingerprint density at radius 3 is 2.75 bits per heavy atom. The van der Waals surface area contributed by atoms with Crippen molar-refractivity contribution in [1.29, 1.82) is 0 Å². The van der Waals surface area contributed by atoms with Crippen molar-refractivity contribution in [1.82, 2.24) is 10.6 Å². The molecule has 7 heteroatoms. The number of carbonyl (C=O) groups excluding carboxylic acids is 3. The van der Waals surface area contributed by atoms with E-state index in [4.69, 9.17) is 0 Å². The van der Waals surface area contributed by atoms with E-state index in [1.165, 1.54) is 7.11 Å². The zero-order chi connectivity index (χ0) is 17.7. The molecule has 1 aromatic carbocycles. The third kappa shape index (κ3) is 4.04. The van der Waals surface area contributed by atoms with Gasteiger partial charge in [-0.2, -0.15) is 0 Å². The first-order valence-electron chi connectivity index (χ1n) is 8.00. The fourth-order valence-corrected chi connectivity index (χ4v) is 2.68. The van der Waals surface area contributed by atoms with E-state index in [1.807, 2.05) is 25.1 Å². The van der Waals surface area contributed by atoms with Gasteiger partial charge in [-0.25, -0.2) is 9.59 Å². The molecule has 1 atom stereocenters. The first kappa shape index (κ1) is 17.8. The lowest BCUT2D eigenvalue weighted by molar-refractivity contribution is -0.142. The minimum Gasteiger partial charge on any atom is -0.467 e. The second-order valence-electron chi connectivity index (χ2n) is 5.68. The lowest BCUT2D eigenvalue weighted by Crippen LogP contribution is -2.44. The Morgan fingerprint density at radius 1 is 1.33 bits per heavy atom. The number of esters is 1. The summed E-state index contributed by atoms with van der Waals surface area (Å²) in [6.07, 6.45) is 1.31. The van der Waals surface area contributed by atoms with Crippen LogP contribution < -0.4 is 15.5 Å². The van der Waals surface area contributed by atoms with Crippen molar-refractivity contribution >= 4 is 23.6 Å². The van der Waals surface area contributed by atoms with Gasteiger partial charge in [0.2, 0.25) is 5.91 Å². The molecule has 0 spiro atoms. The number of nitrogens with zero attached hydrogens (tertiary/aromatic N) is 1. The van der Waals surface area contributed by atoms with Gasteiger partial charge in [-0.1, -0.05) is 19.1 Å². The van der Waals surface area contributed by atoms with Gasteiger partial charge < -0.3 is 20.3 Å². The summed E-state index contributed by atoms with van der Waals surface area (Å²) in [4.78, 5) is 36.7. The number of amides is 3. The van der Waals surface area contributed by atoms with E-state index in [-0.39, 0.29) is 5.91 Å². The molecule has 0 saturated carbocycles. The molecule has 1 aromatic rings. The van der Waals surface area contributed by atoms with E-state index in [9.17, 15) is 14.4 Å². The van der Waals surface area contributed by atoms with Crippen LogP contribution in [0.4, 0.5) is 10.5 Å². The van der Waals surface area contributed by atoms with Gasteiger partial charge in [0.25, 0.3) is 0 Å². The predicted octanol–water partition coefficient (Wildman–Crippen LogP) is 1.35. The van der Waals surface area contributed by atoms with E-state index in [0.29, 0.717) is 19.5 Å². The van der Waals surface area contributed by atoms with E-state index >= 15 is 0 Å². The summed E-state index contributed by atoms with van der Waals surface area (Å²) in [6.45, 7) is 4.46. The third-order valence-corrected chi connectivity index (χ3v) is 4.00. The lowest BCUT2D eigenvalue weighted by atomic mass is 10.1. The molecule has 24 heavy (non-hydrogen) atoms.